The van der Waals surface area contributed by atoms with Crippen molar-refractivity contribution in [3.05, 3.63) is 53.3 Å². The molecule has 4 heteroatoms. The molecular formula is C13H10F3N. The first-order valence-corrected chi connectivity index (χ1v) is 5.00. The van der Waals surface area contributed by atoms with E-state index in [-0.39, 0.29) is 22.4 Å². The molecule has 17 heavy (non-hydrogen) atoms. The highest BCUT2D eigenvalue weighted by molar-refractivity contribution is 5.76. The number of hydrogen-bond acceptors (Lipinski definition) is 1. The lowest BCUT2D eigenvalue weighted by Crippen LogP contribution is -1.97. The molecule has 0 radical (unpaired) electrons. The lowest BCUT2D eigenvalue weighted by molar-refractivity contribution is 0.505. The SMILES string of the molecule is Cc1ccc(-c2ccc(F)cc2N)c(F)c1F. The van der Waals surface area contributed by atoms with Crippen LogP contribution >= 0.6 is 0 Å². The molecule has 0 fully saturated rings. The van der Waals surface area contributed by atoms with Crippen molar-refractivity contribution in [2.24, 2.45) is 0 Å². The first kappa shape index (κ1) is 11.5. The van der Waals surface area contributed by atoms with Gasteiger partial charge in [-0.3, -0.25) is 0 Å². The molecule has 1 nitrogen and oxygen atoms in total. The molecule has 0 amide bonds. The third-order valence-corrected chi connectivity index (χ3v) is 2.58. The van der Waals surface area contributed by atoms with Crippen LogP contribution in [0.25, 0.3) is 11.1 Å². The third kappa shape index (κ3) is 1.98. The Morgan fingerprint density at radius 3 is 2.18 bits per heavy atom. The molecule has 0 unspecified atom stereocenters. The van der Waals surface area contributed by atoms with Crippen LogP contribution in [0, 0.1) is 24.4 Å². The first-order chi connectivity index (χ1) is 8.00. The fourth-order valence-corrected chi connectivity index (χ4v) is 1.63. The second-order valence-corrected chi connectivity index (χ2v) is 3.79. The van der Waals surface area contributed by atoms with E-state index in [2.05, 4.69) is 0 Å². The molecule has 0 aromatic heterocycles. The maximum atomic E-state index is 13.7. The highest BCUT2D eigenvalue weighted by atomic mass is 19.2. The summed E-state index contributed by atoms with van der Waals surface area (Å²) in [6, 6.07) is 6.45. The van der Waals surface area contributed by atoms with E-state index in [4.69, 9.17) is 5.73 Å². The van der Waals surface area contributed by atoms with Gasteiger partial charge in [0.1, 0.15) is 5.82 Å². The van der Waals surface area contributed by atoms with Gasteiger partial charge in [0, 0.05) is 16.8 Å². The van der Waals surface area contributed by atoms with Crippen molar-refractivity contribution in [2.45, 2.75) is 6.92 Å². The number of hydrogen-bond donors (Lipinski definition) is 1. The van der Waals surface area contributed by atoms with Gasteiger partial charge in [0.15, 0.2) is 11.6 Å². The summed E-state index contributed by atoms with van der Waals surface area (Å²) in [6.07, 6.45) is 0. The van der Waals surface area contributed by atoms with Crippen molar-refractivity contribution in [1.29, 1.82) is 0 Å². The van der Waals surface area contributed by atoms with Gasteiger partial charge in [-0.25, -0.2) is 13.2 Å². The molecular weight excluding hydrogens is 227 g/mol. The second kappa shape index (κ2) is 4.13. The van der Waals surface area contributed by atoms with Crippen molar-refractivity contribution in [2.75, 3.05) is 5.73 Å². The van der Waals surface area contributed by atoms with E-state index < -0.39 is 17.5 Å². The molecule has 0 aliphatic rings. The largest absolute Gasteiger partial charge is 0.398 e. The molecule has 0 heterocycles. The van der Waals surface area contributed by atoms with E-state index in [9.17, 15) is 13.2 Å². The van der Waals surface area contributed by atoms with Crippen molar-refractivity contribution in [1.82, 2.24) is 0 Å². The van der Waals surface area contributed by atoms with Crippen LogP contribution in [0.2, 0.25) is 0 Å². The normalized spacial score (nSPS) is 10.6. The van der Waals surface area contributed by atoms with E-state index in [1.807, 2.05) is 0 Å². The Labute approximate surface area is 96.7 Å². The zero-order valence-corrected chi connectivity index (χ0v) is 9.10. The monoisotopic (exact) mass is 237 g/mol. The van der Waals surface area contributed by atoms with Gasteiger partial charge < -0.3 is 5.73 Å². The van der Waals surface area contributed by atoms with E-state index in [1.165, 1.54) is 25.1 Å². The summed E-state index contributed by atoms with van der Waals surface area (Å²) >= 11 is 0. The summed E-state index contributed by atoms with van der Waals surface area (Å²) < 4.78 is 40.0. The zero-order valence-electron chi connectivity index (χ0n) is 9.10. The van der Waals surface area contributed by atoms with Crippen LogP contribution in [-0.4, -0.2) is 0 Å². The van der Waals surface area contributed by atoms with E-state index in [0.717, 1.165) is 12.1 Å². The molecule has 2 aromatic carbocycles. The van der Waals surface area contributed by atoms with Gasteiger partial charge >= 0.3 is 0 Å². The minimum Gasteiger partial charge on any atom is -0.398 e. The average molecular weight is 237 g/mol. The van der Waals surface area contributed by atoms with E-state index >= 15 is 0 Å². The lowest BCUT2D eigenvalue weighted by Gasteiger charge is -2.09. The van der Waals surface area contributed by atoms with Gasteiger partial charge in [-0.05, 0) is 30.7 Å². The molecule has 0 saturated carbocycles. The van der Waals surface area contributed by atoms with Crippen molar-refractivity contribution < 1.29 is 13.2 Å². The summed E-state index contributed by atoms with van der Waals surface area (Å²) in [5, 5.41) is 0. The van der Waals surface area contributed by atoms with Crippen LogP contribution < -0.4 is 5.73 Å². The second-order valence-electron chi connectivity index (χ2n) is 3.79. The van der Waals surface area contributed by atoms with Gasteiger partial charge in [0.25, 0.3) is 0 Å². The Bertz CT molecular complexity index is 579. The molecule has 0 saturated heterocycles. The summed E-state index contributed by atoms with van der Waals surface area (Å²) in [4.78, 5) is 0. The molecule has 2 N–H and O–H groups in total. The number of nitrogens with two attached hydrogens (primary N) is 1. The number of halogens is 3. The molecule has 2 rings (SSSR count). The van der Waals surface area contributed by atoms with Crippen LogP contribution in [0.4, 0.5) is 18.9 Å². The fraction of sp³-hybridized carbons (Fsp3) is 0.0769. The molecule has 0 aliphatic carbocycles. The van der Waals surface area contributed by atoms with E-state index in [0.29, 0.717) is 0 Å². The fourth-order valence-electron chi connectivity index (χ4n) is 1.63. The van der Waals surface area contributed by atoms with Crippen LogP contribution in [0.15, 0.2) is 30.3 Å². The maximum absolute atomic E-state index is 13.7. The standard InChI is InChI=1S/C13H10F3N/c1-7-2-4-10(13(16)12(7)15)9-5-3-8(14)6-11(9)17/h2-6H,17H2,1H3. The Balaban J connectivity index is 2.65. The van der Waals surface area contributed by atoms with Crippen LogP contribution in [0.1, 0.15) is 5.56 Å². The maximum Gasteiger partial charge on any atom is 0.166 e. The highest BCUT2D eigenvalue weighted by Crippen LogP contribution is 2.30. The van der Waals surface area contributed by atoms with Gasteiger partial charge in [0.05, 0.1) is 0 Å². The number of aryl methyl sites for hydroxylation is 1. The van der Waals surface area contributed by atoms with E-state index in [1.54, 1.807) is 0 Å². The average Bonchev–Trinajstić information content (AvgIpc) is 2.28. The molecule has 0 atom stereocenters. The quantitative estimate of drug-likeness (QED) is 0.752. The number of benzene rings is 2. The van der Waals surface area contributed by atoms with Crippen molar-refractivity contribution in [3.8, 4) is 11.1 Å². The van der Waals surface area contributed by atoms with Crippen LogP contribution in [0.3, 0.4) is 0 Å². The van der Waals surface area contributed by atoms with Crippen molar-refractivity contribution in [3.63, 3.8) is 0 Å². The van der Waals surface area contributed by atoms with Crippen LogP contribution in [-0.2, 0) is 0 Å². The Morgan fingerprint density at radius 1 is 0.882 bits per heavy atom. The predicted octanol–water partition coefficient (Wildman–Crippen LogP) is 3.66. The Morgan fingerprint density at radius 2 is 1.53 bits per heavy atom. The molecule has 0 spiro atoms. The van der Waals surface area contributed by atoms with Gasteiger partial charge in [-0.15, -0.1) is 0 Å². The molecule has 0 bridgehead atoms. The zero-order chi connectivity index (χ0) is 12.6. The smallest absolute Gasteiger partial charge is 0.166 e. The van der Waals surface area contributed by atoms with Gasteiger partial charge in [-0.1, -0.05) is 12.1 Å². The number of anilines is 1. The molecule has 2 aromatic rings. The first-order valence-electron chi connectivity index (χ1n) is 5.00. The number of nitrogen functional groups attached to an aromatic ring is 1. The Hall–Kier alpha value is -1.97. The topological polar surface area (TPSA) is 26.0 Å². The van der Waals surface area contributed by atoms with Gasteiger partial charge in [-0.2, -0.15) is 0 Å². The summed E-state index contributed by atoms with van der Waals surface area (Å²) in [7, 11) is 0. The minimum absolute atomic E-state index is 0.0330. The Kier molecular flexibility index (Phi) is 2.79. The minimum atomic E-state index is -0.969. The number of rotatable bonds is 1. The summed E-state index contributed by atoms with van der Waals surface area (Å²) in [5.74, 6) is -2.39. The van der Waals surface area contributed by atoms with Gasteiger partial charge in [0.2, 0.25) is 0 Å². The van der Waals surface area contributed by atoms with Crippen LogP contribution in [0.5, 0.6) is 0 Å². The molecule has 0 aliphatic heterocycles. The predicted molar refractivity (Wildman–Crippen MR) is 60.9 cm³/mol. The molecule has 88 valence electrons. The summed E-state index contributed by atoms with van der Waals surface area (Å²) in [6.45, 7) is 1.47. The van der Waals surface area contributed by atoms with Crippen molar-refractivity contribution >= 4 is 5.69 Å². The third-order valence-electron chi connectivity index (χ3n) is 2.58. The summed E-state index contributed by atoms with van der Waals surface area (Å²) in [5.41, 5.74) is 6.19. The highest BCUT2D eigenvalue weighted by Gasteiger charge is 2.14. The lowest BCUT2D eigenvalue weighted by atomic mass is 10.0.